The van der Waals surface area contributed by atoms with E-state index >= 15 is 0 Å². The van der Waals surface area contributed by atoms with Crippen molar-refractivity contribution in [3.8, 4) is 28.7 Å². The average Bonchev–Trinajstić information content (AvgIpc) is 2.84. The lowest BCUT2D eigenvalue weighted by molar-refractivity contribution is -0.278. The van der Waals surface area contributed by atoms with Gasteiger partial charge in [0.2, 0.25) is 12.0 Å². The third kappa shape index (κ3) is 5.86. The zero-order chi connectivity index (χ0) is 26.6. The normalized spacial score (nSPS) is 23.9. The number of phenolic OH excluding ortho intramolecular Hbond substituents is 3. The second-order valence-corrected chi connectivity index (χ2v) is 7.87. The van der Waals surface area contributed by atoms with Crippen LogP contribution in [-0.2, 0) is 14.3 Å². The Labute approximate surface area is 205 Å². The smallest absolute Gasteiger partial charge is 0.302 e. The molecule has 5 unspecified atom stereocenters. The maximum absolute atomic E-state index is 12.5. The van der Waals surface area contributed by atoms with Gasteiger partial charge in [0.25, 0.3) is 0 Å². The van der Waals surface area contributed by atoms with Gasteiger partial charge < -0.3 is 49.6 Å². The number of carbonyl (C=O) groups excluding carboxylic acids is 2. The summed E-state index contributed by atoms with van der Waals surface area (Å²) in [5, 5.41) is 60.9. The molecule has 12 heteroatoms. The molecule has 1 fully saturated rings. The summed E-state index contributed by atoms with van der Waals surface area (Å²) in [5.74, 6) is -3.28. The van der Waals surface area contributed by atoms with E-state index in [1.807, 2.05) is 0 Å². The summed E-state index contributed by atoms with van der Waals surface area (Å²) in [7, 11) is 1.39. The number of ketones is 1. The van der Waals surface area contributed by atoms with Crippen LogP contribution in [0.4, 0.5) is 0 Å². The number of aliphatic hydroxyl groups is 3. The van der Waals surface area contributed by atoms with Gasteiger partial charge in [-0.1, -0.05) is 12.1 Å². The molecule has 36 heavy (non-hydrogen) atoms. The first-order valence-corrected chi connectivity index (χ1v) is 10.7. The maximum Gasteiger partial charge on any atom is 0.302 e. The number of methoxy groups -OCH3 is 1. The van der Waals surface area contributed by atoms with Gasteiger partial charge in [0.1, 0.15) is 31.0 Å². The van der Waals surface area contributed by atoms with Crippen LogP contribution < -0.4 is 9.47 Å². The maximum atomic E-state index is 12.5. The van der Waals surface area contributed by atoms with Crippen molar-refractivity contribution in [1.29, 1.82) is 0 Å². The van der Waals surface area contributed by atoms with Gasteiger partial charge in [0.15, 0.2) is 28.8 Å². The Balaban J connectivity index is 1.75. The Kier molecular flexibility index (Phi) is 8.37. The summed E-state index contributed by atoms with van der Waals surface area (Å²) >= 11 is 0. The minimum Gasteiger partial charge on any atom is -0.504 e. The molecule has 1 aliphatic heterocycles. The van der Waals surface area contributed by atoms with E-state index in [1.165, 1.54) is 25.3 Å². The average molecular weight is 506 g/mol. The highest BCUT2D eigenvalue weighted by Crippen LogP contribution is 2.40. The van der Waals surface area contributed by atoms with Gasteiger partial charge in [0, 0.05) is 6.92 Å². The van der Waals surface area contributed by atoms with Gasteiger partial charge in [-0.2, -0.15) is 0 Å². The van der Waals surface area contributed by atoms with Crippen LogP contribution in [0.25, 0.3) is 6.08 Å². The molecule has 6 N–H and O–H groups in total. The van der Waals surface area contributed by atoms with E-state index in [1.54, 1.807) is 6.07 Å². The lowest BCUT2D eigenvalue weighted by Crippen LogP contribution is -2.60. The number of ether oxygens (including phenoxy) is 4. The Morgan fingerprint density at radius 2 is 1.67 bits per heavy atom. The first-order chi connectivity index (χ1) is 17.0. The number of carbonyl (C=O) groups is 2. The topological polar surface area (TPSA) is 192 Å². The van der Waals surface area contributed by atoms with E-state index in [2.05, 4.69) is 0 Å². The van der Waals surface area contributed by atoms with Crippen LogP contribution in [0, 0.1) is 0 Å². The van der Waals surface area contributed by atoms with E-state index in [0.29, 0.717) is 5.56 Å². The standard InChI is InChI=1S/C24H26O12/c1-11(25)34-10-18-21(30)22(31)23(32)24(36-18)35-17-8-5-13(19(28)20(17)29)14(26)6-3-12-4-7-16(33-2)15(27)9-12/h3-9,18,21-24,27-32H,10H2,1-2H3. The summed E-state index contributed by atoms with van der Waals surface area (Å²) in [6, 6.07) is 6.74. The minimum atomic E-state index is -1.76. The fraction of sp³-hybridized carbons (Fsp3) is 0.333. The molecule has 1 heterocycles. The molecule has 0 aromatic heterocycles. The molecule has 0 saturated carbocycles. The van der Waals surface area contributed by atoms with Crippen molar-refractivity contribution in [3.63, 3.8) is 0 Å². The number of esters is 1. The molecule has 0 aliphatic carbocycles. The molecule has 2 aromatic carbocycles. The molecule has 3 rings (SSSR count). The number of aromatic hydroxyl groups is 3. The van der Waals surface area contributed by atoms with Crippen LogP contribution in [-0.4, -0.2) is 86.8 Å². The number of phenols is 3. The van der Waals surface area contributed by atoms with Crippen molar-refractivity contribution in [2.45, 2.75) is 37.6 Å². The fourth-order valence-corrected chi connectivity index (χ4v) is 3.40. The number of hydrogen-bond acceptors (Lipinski definition) is 12. The molecule has 1 saturated heterocycles. The predicted octanol–water partition coefficient (Wildman–Crippen LogP) is 0.458. The van der Waals surface area contributed by atoms with Gasteiger partial charge in [0.05, 0.1) is 12.7 Å². The van der Waals surface area contributed by atoms with Crippen molar-refractivity contribution >= 4 is 17.8 Å². The highest BCUT2D eigenvalue weighted by molar-refractivity contribution is 6.09. The summed E-state index contributed by atoms with van der Waals surface area (Å²) in [4.78, 5) is 23.6. The second kappa shape index (κ2) is 11.3. The molecular weight excluding hydrogens is 480 g/mol. The van der Waals surface area contributed by atoms with Gasteiger partial charge in [-0.15, -0.1) is 0 Å². The van der Waals surface area contributed by atoms with Gasteiger partial charge in [-0.3, -0.25) is 9.59 Å². The van der Waals surface area contributed by atoms with E-state index in [4.69, 9.17) is 18.9 Å². The highest BCUT2D eigenvalue weighted by atomic mass is 16.7. The number of benzene rings is 2. The molecule has 2 aromatic rings. The number of allylic oxidation sites excluding steroid dienone is 1. The number of rotatable bonds is 8. The molecule has 0 radical (unpaired) electrons. The van der Waals surface area contributed by atoms with Crippen LogP contribution >= 0.6 is 0 Å². The largest absolute Gasteiger partial charge is 0.504 e. The van der Waals surface area contributed by atoms with Crippen LogP contribution in [0.3, 0.4) is 0 Å². The molecule has 0 bridgehead atoms. The fourth-order valence-electron chi connectivity index (χ4n) is 3.40. The Morgan fingerprint density at radius 1 is 0.972 bits per heavy atom. The zero-order valence-electron chi connectivity index (χ0n) is 19.3. The molecule has 5 atom stereocenters. The third-order valence-electron chi connectivity index (χ3n) is 5.37. The van der Waals surface area contributed by atoms with Gasteiger partial charge in [-0.05, 0) is 35.9 Å². The van der Waals surface area contributed by atoms with Gasteiger partial charge in [-0.25, -0.2) is 0 Å². The molecule has 1 aliphatic rings. The summed E-state index contributed by atoms with van der Waals surface area (Å²) in [6.07, 6.45) is -5.48. The molecular formula is C24H26O12. The quantitative estimate of drug-likeness (QED) is 0.126. The van der Waals surface area contributed by atoms with Crippen LogP contribution in [0.2, 0.25) is 0 Å². The highest BCUT2D eigenvalue weighted by Gasteiger charge is 2.45. The van der Waals surface area contributed by atoms with E-state index in [9.17, 15) is 40.2 Å². The molecule has 0 spiro atoms. The van der Waals surface area contributed by atoms with Gasteiger partial charge >= 0.3 is 5.97 Å². The molecule has 12 nitrogen and oxygen atoms in total. The van der Waals surface area contributed by atoms with Crippen molar-refractivity contribution in [3.05, 3.63) is 47.5 Å². The first kappa shape index (κ1) is 26.8. The van der Waals surface area contributed by atoms with Crippen molar-refractivity contribution in [1.82, 2.24) is 0 Å². The summed E-state index contributed by atoms with van der Waals surface area (Å²) in [6.45, 7) is 0.692. The summed E-state index contributed by atoms with van der Waals surface area (Å²) < 4.78 is 20.4. The van der Waals surface area contributed by atoms with E-state index in [-0.39, 0.29) is 17.1 Å². The molecule has 194 valence electrons. The van der Waals surface area contributed by atoms with Crippen LogP contribution in [0.1, 0.15) is 22.8 Å². The Hall–Kier alpha value is -3.84. The summed E-state index contributed by atoms with van der Waals surface area (Å²) in [5.41, 5.74) is 0.194. The lowest BCUT2D eigenvalue weighted by atomic mass is 9.99. The van der Waals surface area contributed by atoms with Crippen LogP contribution in [0.5, 0.6) is 28.7 Å². The van der Waals surface area contributed by atoms with Crippen LogP contribution in [0.15, 0.2) is 36.4 Å². The SMILES string of the molecule is COc1ccc(C=CC(=O)c2ccc(OC3OC(COC(C)=O)C(O)C(O)C3O)c(O)c2O)cc1O. The minimum absolute atomic E-state index is 0.131. The van der Waals surface area contributed by atoms with E-state index < -0.39 is 66.3 Å². The van der Waals surface area contributed by atoms with E-state index in [0.717, 1.165) is 25.1 Å². The molecule has 0 amide bonds. The number of aliphatic hydroxyl groups excluding tert-OH is 3. The van der Waals surface area contributed by atoms with Crippen molar-refractivity contribution in [2.75, 3.05) is 13.7 Å². The van der Waals surface area contributed by atoms with Crippen molar-refractivity contribution in [2.24, 2.45) is 0 Å². The first-order valence-electron chi connectivity index (χ1n) is 10.7. The number of hydrogen-bond donors (Lipinski definition) is 6. The zero-order valence-corrected chi connectivity index (χ0v) is 19.3. The Bertz CT molecular complexity index is 1140. The third-order valence-corrected chi connectivity index (χ3v) is 5.37. The predicted molar refractivity (Wildman–Crippen MR) is 122 cm³/mol. The Morgan fingerprint density at radius 3 is 2.31 bits per heavy atom. The second-order valence-electron chi connectivity index (χ2n) is 7.87. The monoisotopic (exact) mass is 506 g/mol. The van der Waals surface area contributed by atoms with Crippen molar-refractivity contribution < 1.29 is 59.2 Å². The lowest BCUT2D eigenvalue weighted by Gasteiger charge is -2.39.